The van der Waals surface area contributed by atoms with Crippen LogP contribution in [-0.4, -0.2) is 16.2 Å². The lowest BCUT2D eigenvalue weighted by Gasteiger charge is -2.13. The molecule has 0 atom stereocenters. The molecule has 0 aliphatic carbocycles. The highest BCUT2D eigenvalue weighted by molar-refractivity contribution is 9.10. The number of nitrogens with zero attached hydrogens (tertiary/aromatic N) is 2. The zero-order valence-corrected chi connectivity index (χ0v) is 12.5. The Labute approximate surface area is 120 Å². The van der Waals surface area contributed by atoms with Crippen molar-refractivity contribution in [2.24, 2.45) is 0 Å². The molecule has 0 saturated carbocycles. The molecule has 1 heterocycles. The molecule has 0 bridgehead atoms. The van der Waals surface area contributed by atoms with Crippen LogP contribution < -0.4 is 10.1 Å². The highest BCUT2D eigenvalue weighted by Crippen LogP contribution is 2.24. The molecular formula is C13H16BrN3O2. The number of nitrogens with one attached hydrogen (secondary N) is 1. The van der Waals surface area contributed by atoms with E-state index in [1.165, 1.54) is 6.39 Å². The van der Waals surface area contributed by atoms with E-state index in [-0.39, 0.29) is 0 Å². The smallest absolute Gasteiger partial charge is 0.213 e. The Bertz CT molecular complexity index is 515. The van der Waals surface area contributed by atoms with Gasteiger partial charge in [0, 0.05) is 22.6 Å². The SMILES string of the molecule is CC(C)NCc1cc(Br)ccc1OCc1ncon1. The number of hydrogen-bond donors (Lipinski definition) is 1. The molecule has 0 spiro atoms. The molecule has 5 nitrogen and oxygen atoms in total. The first-order valence-electron chi connectivity index (χ1n) is 6.05. The van der Waals surface area contributed by atoms with Crippen molar-refractivity contribution in [3.8, 4) is 5.75 Å². The minimum absolute atomic E-state index is 0.298. The third kappa shape index (κ3) is 4.33. The molecule has 0 fully saturated rings. The maximum atomic E-state index is 5.72. The maximum Gasteiger partial charge on any atom is 0.213 e. The van der Waals surface area contributed by atoms with Gasteiger partial charge in [0.05, 0.1) is 0 Å². The fourth-order valence-electron chi connectivity index (χ4n) is 1.54. The van der Waals surface area contributed by atoms with Crippen LogP contribution in [0.1, 0.15) is 25.2 Å². The summed E-state index contributed by atoms with van der Waals surface area (Å²) in [5.41, 5.74) is 1.09. The molecule has 19 heavy (non-hydrogen) atoms. The number of halogens is 1. The van der Waals surface area contributed by atoms with Gasteiger partial charge in [0.1, 0.15) is 5.75 Å². The van der Waals surface area contributed by atoms with Gasteiger partial charge in [-0.2, -0.15) is 4.98 Å². The van der Waals surface area contributed by atoms with E-state index in [4.69, 9.17) is 4.74 Å². The first-order valence-corrected chi connectivity index (χ1v) is 6.84. The molecular weight excluding hydrogens is 310 g/mol. The lowest BCUT2D eigenvalue weighted by Crippen LogP contribution is -2.22. The Hall–Kier alpha value is -1.40. The summed E-state index contributed by atoms with van der Waals surface area (Å²) in [4.78, 5) is 3.93. The van der Waals surface area contributed by atoms with Crippen molar-refractivity contribution in [2.45, 2.75) is 33.0 Å². The first kappa shape index (κ1) is 14.0. The normalized spacial score (nSPS) is 10.9. The predicted molar refractivity (Wildman–Crippen MR) is 74.7 cm³/mol. The summed E-state index contributed by atoms with van der Waals surface area (Å²) in [5.74, 6) is 1.35. The van der Waals surface area contributed by atoms with Gasteiger partial charge in [-0.25, -0.2) is 0 Å². The minimum Gasteiger partial charge on any atom is -0.485 e. The number of aromatic nitrogens is 2. The summed E-state index contributed by atoms with van der Waals surface area (Å²) in [6.45, 7) is 5.27. The Balaban J connectivity index is 2.05. The second kappa shape index (κ2) is 6.68. The second-order valence-corrected chi connectivity index (χ2v) is 5.34. The van der Waals surface area contributed by atoms with Gasteiger partial charge in [-0.1, -0.05) is 34.9 Å². The van der Waals surface area contributed by atoms with E-state index < -0.39 is 0 Å². The average Bonchev–Trinajstić information content (AvgIpc) is 2.88. The fourth-order valence-corrected chi connectivity index (χ4v) is 1.95. The van der Waals surface area contributed by atoms with Crippen LogP contribution in [0.5, 0.6) is 5.75 Å². The van der Waals surface area contributed by atoms with Gasteiger partial charge in [0.15, 0.2) is 6.61 Å². The van der Waals surface area contributed by atoms with Crippen molar-refractivity contribution in [2.75, 3.05) is 0 Å². The van der Waals surface area contributed by atoms with E-state index in [0.29, 0.717) is 18.5 Å². The van der Waals surface area contributed by atoms with Crippen molar-refractivity contribution in [1.82, 2.24) is 15.5 Å². The molecule has 0 aliphatic rings. The molecule has 6 heteroatoms. The van der Waals surface area contributed by atoms with E-state index in [1.54, 1.807) is 0 Å². The lowest BCUT2D eigenvalue weighted by atomic mass is 10.2. The van der Waals surface area contributed by atoms with Gasteiger partial charge in [0.2, 0.25) is 12.2 Å². The van der Waals surface area contributed by atoms with Crippen LogP contribution in [0.2, 0.25) is 0 Å². The van der Waals surface area contributed by atoms with Gasteiger partial charge in [-0.3, -0.25) is 0 Å². The Morgan fingerprint density at radius 2 is 2.26 bits per heavy atom. The standard InChI is InChI=1S/C13H16BrN3O2/c1-9(2)15-6-10-5-11(14)3-4-12(10)18-7-13-16-8-19-17-13/h3-5,8-9,15H,6-7H2,1-2H3. The zero-order valence-electron chi connectivity index (χ0n) is 10.9. The monoisotopic (exact) mass is 325 g/mol. The van der Waals surface area contributed by atoms with Gasteiger partial charge in [-0.05, 0) is 18.2 Å². The number of hydrogen-bond acceptors (Lipinski definition) is 5. The number of ether oxygens (including phenoxy) is 1. The van der Waals surface area contributed by atoms with Crippen LogP contribution in [0.3, 0.4) is 0 Å². The van der Waals surface area contributed by atoms with Gasteiger partial charge in [-0.15, -0.1) is 0 Å². The van der Waals surface area contributed by atoms with Crippen LogP contribution in [0.25, 0.3) is 0 Å². The van der Waals surface area contributed by atoms with Crippen LogP contribution in [0.4, 0.5) is 0 Å². The first-order chi connectivity index (χ1) is 9.15. The van der Waals surface area contributed by atoms with Crippen molar-refractivity contribution in [3.05, 3.63) is 40.5 Å². The van der Waals surface area contributed by atoms with Gasteiger partial charge >= 0.3 is 0 Å². The highest BCUT2D eigenvalue weighted by Gasteiger charge is 2.07. The van der Waals surface area contributed by atoms with Crippen LogP contribution >= 0.6 is 15.9 Å². The van der Waals surface area contributed by atoms with Crippen molar-refractivity contribution in [3.63, 3.8) is 0 Å². The summed E-state index contributed by atoms with van der Waals surface area (Å²) in [6, 6.07) is 6.34. The van der Waals surface area contributed by atoms with E-state index >= 15 is 0 Å². The van der Waals surface area contributed by atoms with E-state index in [2.05, 4.69) is 49.8 Å². The van der Waals surface area contributed by atoms with Crippen molar-refractivity contribution >= 4 is 15.9 Å². The molecule has 102 valence electrons. The quantitative estimate of drug-likeness (QED) is 0.884. The Kier molecular flexibility index (Phi) is 4.93. The molecule has 0 saturated heterocycles. The van der Waals surface area contributed by atoms with Crippen LogP contribution in [0, 0.1) is 0 Å². The van der Waals surface area contributed by atoms with Crippen molar-refractivity contribution in [1.29, 1.82) is 0 Å². The zero-order chi connectivity index (χ0) is 13.7. The summed E-state index contributed by atoms with van der Waals surface area (Å²) in [5, 5.41) is 7.09. The maximum absolute atomic E-state index is 5.72. The van der Waals surface area contributed by atoms with E-state index in [0.717, 1.165) is 22.3 Å². The fraction of sp³-hybridized carbons (Fsp3) is 0.385. The number of benzene rings is 1. The third-order valence-corrected chi connectivity index (χ3v) is 2.98. The topological polar surface area (TPSA) is 60.2 Å². The molecule has 1 aromatic heterocycles. The second-order valence-electron chi connectivity index (χ2n) is 4.42. The molecule has 0 aliphatic heterocycles. The Morgan fingerprint density at radius 3 is 2.95 bits per heavy atom. The lowest BCUT2D eigenvalue weighted by molar-refractivity contribution is 0.283. The van der Waals surface area contributed by atoms with E-state index in [9.17, 15) is 0 Å². The molecule has 0 radical (unpaired) electrons. The molecule has 1 N–H and O–H groups in total. The van der Waals surface area contributed by atoms with Crippen molar-refractivity contribution < 1.29 is 9.26 Å². The molecule has 2 aromatic rings. The van der Waals surface area contributed by atoms with E-state index in [1.807, 2.05) is 18.2 Å². The molecule has 1 aromatic carbocycles. The third-order valence-electron chi connectivity index (χ3n) is 2.49. The summed E-state index contributed by atoms with van der Waals surface area (Å²) >= 11 is 3.47. The molecule has 0 unspecified atom stereocenters. The minimum atomic E-state index is 0.298. The van der Waals surface area contributed by atoms with Gasteiger partial charge in [0.25, 0.3) is 0 Å². The summed E-state index contributed by atoms with van der Waals surface area (Å²) in [6.07, 6.45) is 1.29. The highest BCUT2D eigenvalue weighted by atomic mass is 79.9. The van der Waals surface area contributed by atoms with Gasteiger partial charge < -0.3 is 14.6 Å². The predicted octanol–water partition coefficient (Wildman–Crippen LogP) is 2.91. The van der Waals surface area contributed by atoms with Crippen LogP contribution in [0.15, 0.2) is 33.6 Å². The average molecular weight is 326 g/mol. The molecule has 2 rings (SSSR count). The number of rotatable bonds is 6. The Morgan fingerprint density at radius 1 is 1.42 bits per heavy atom. The summed E-state index contributed by atoms with van der Waals surface area (Å²) in [7, 11) is 0. The van der Waals surface area contributed by atoms with Crippen LogP contribution in [-0.2, 0) is 13.2 Å². The summed E-state index contributed by atoms with van der Waals surface area (Å²) < 4.78 is 11.4. The molecule has 0 amide bonds. The largest absolute Gasteiger partial charge is 0.485 e.